The van der Waals surface area contributed by atoms with Crippen LogP contribution in [0.25, 0.3) is 0 Å². The highest BCUT2D eigenvalue weighted by Crippen LogP contribution is 2.38. The zero-order chi connectivity index (χ0) is 10.9. The molecule has 82 valence electrons. The molecule has 0 radical (unpaired) electrons. The van der Waals surface area contributed by atoms with Gasteiger partial charge in [-0.25, -0.2) is 4.39 Å². The van der Waals surface area contributed by atoms with Crippen LogP contribution in [0.5, 0.6) is 5.75 Å². The van der Waals surface area contributed by atoms with Crippen LogP contribution in [0.1, 0.15) is 18.4 Å². The van der Waals surface area contributed by atoms with Gasteiger partial charge in [-0.1, -0.05) is 6.07 Å². The van der Waals surface area contributed by atoms with Gasteiger partial charge in [-0.05, 0) is 37.9 Å². The van der Waals surface area contributed by atoms with Crippen molar-refractivity contribution in [3.8, 4) is 5.75 Å². The highest BCUT2D eigenvalue weighted by atomic mass is 19.1. The Bertz CT molecular complexity index is 361. The Labute approximate surface area is 89.4 Å². The van der Waals surface area contributed by atoms with Gasteiger partial charge in [-0.2, -0.15) is 0 Å². The number of hydrogen-bond acceptors (Lipinski definition) is 2. The first-order valence-corrected chi connectivity index (χ1v) is 5.20. The van der Waals surface area contributed by atoms with E-state index in [1.54, 1.807) is 7.11 Å². The molecule has 1 fully saturated rings. The molecular formula is C12H16FNO. The number of hydrogen-bond donors (Lipinski definition) is 1. The van der Waals surface area contributed by atoms with E-state index in [0.29, 0.717) is 5.75 Å². The minimum atomic E-state index is -0.170. The van der Waals surface area contributed by atoms with E-state index in [9.17, 15) is 4.39 Å². The molecule has 0 amide bonds. The number of rotatable bonds is 4. The van der Waals surface area contributed by atoms with Gasteiger partial charge in [0.25, 0.3) is 0 Å². The van der Waals surface area contributed by atoms with Crippen LogP contribution < -0.4 is 10.1 Å². The smallest absolute Gasteiger partial charge is 0.130 e. The number of halogens is 1. The van der Waals surface area contributed by atoms with E-state index in [2.05, 4.69) is 5.32 Å². The zero-order valence-electron chi connectivity index (χ0n) is 9.14. The maximum atomic E-state index is 13.6. The van der Waals surface area contributed by atoms with Crippen molar-refractivity contribution in [1.29, 1.82) is 0 Å². The number of nitrogens with one attached hydrogen (secondary N) is 1. The molecule has 1 aromatic carbocycles. The first kappa shape index (κ1) is 10.4. The van der Waals surface area contributed by atoms with E-state index >= 15 is 0 Å². The van der Waals surface area contributed by atoms with Gasteiger partial charge in [-0.3, -0.25) is 0 Å². The molecule has 0 unspecified atom stereocenters. The summed E-state index contributed by atoms with van der Waals surface area (Å²) in [6.45, 7) is 0. The van der Waals surface area contributed by atoms with Gasteiger partial charge in [0.05, 0.1) is 7.11 Å². The molecule has 1 aromatic rings. The second-order valence-electron chi connectivity index (χ2n) is 4.16. The lowest BCUT2D eigenvalue weighted by Gasteiger charge is -2.14. The van der Waals surface area contributed by atoms with E-state index < -0.39 is 0 Å². The molecule has 0 aliphatic heterocycles. The normalized spacial score (nSPS) is 17.5. The van der Waals surface area contributed by atoms with Crippen LogP contribution in [0.15, 0.2) is 18.2 Å². The Morgan fingerprint density at radius 2 is 2.20 bits per heavy atom. The highest BCUT2D eigenvalue weighted by Gasteiger charge is 2.41. The summed E-state index contributed by atoms with van der Waals surface area (Å²) in [4.78, 5) is 0. The Morgan fingerprint density at radius 1 is 1.47 bits per heavy atom. The average Bonchev–Trinajstić information content (AvgIpc) is 3.02. The van der Waals surface area contributed by atoms with Gasteiger partial charge in [-0.15, -0.1) is 0 Å². The molecule has 0 heterocycles. The lowest BCUT2D eigenvalue weighted by Crippen LogP contribution is -2.29. The largest absolute Gasteiger partial charge is 0.497 e. The highest BCUT2D eigenvalue weighted by molar-refractivity contribution is 5.31. The molecule has 2 nitrogen and oxygen atoms in total. The first-order chi connectivity index (χ1) is 7.19. The predicted molar refractivity (Wildman–Crippen MR) is 57.7 cm³/mol. The van der Waals surface area contributed by atoms with E-state index in [0.717, 1.165) is 24.8 Å². The maximum Gasteiger partial charge on any atom is 0.130 e. The number of methoxy groups -OCH3 is 1. The van der Waals surface area contributed by atoms with Crippen LogP contribution in [-0.2, 0) is 6.42 Å². The van der Waals surface area contributed by atoms with Gasteiger partial charge in [0.1, 0.15) is 11.6 Å². The molecule has 3 heteroatoms. The molecular weight excluding hydrogens is 193 g/mol. The standard InChI is InChI=1S/C12H16FNO/c1-14-12(5-6-12)8-9-3-4-10(15-2)7-11(9)13/h3-4,7,14H,5-6,8H2,1-2H3. The van der Waals surface area contributed by atoms with Crippen LogP contribution in [0.4, 0.5) is 4.39 Å². The van der Waals surface area contributed by atoms with E-state index in [4.69, 9.17) is 4.74 Å². The Morgan fingerprint density at radius 3 is 2.67 bits per heavy atom. The van der Waals surface area contributed by atoms with Crippen LogP contribution in [0.3, 0.4) is 0 Å². The van der Waals surface area contributed by atoms with Crippen molar-refractivity contribution in [2.45, 2.75) is 24.8 Å². The van der Waals surface area contributed by atoms with E-state index in [1.165, 1.54) is 6.07 Å². The molecule has 0 spiro atoms. The quantitative estimate of drug-likeness (QED) is 0.820. The maximum absolute atomic E-state index is 13.6. The summed E-state index contributed by atoms with van der Waals surface area (Å²) in [5, 5.41) is 3.26. The number of benzene rings is 1. The van der Waals surface area contributed by atoms with E-state index in [1.807, 2.05) is 19.2 Å². The second kappa shape index (κ2) is 3.81. The van der Waals surface area contributed by atoms with Crippen molar-refractivity contribution >= 4 is 0 Å². The third kappa shape index (κ3) is 2.12. The van der Waals surface area contributed by atoms with Crippen LogP contribution >= 0.6 is 0 Å². The van der Waals surface area contributed by atoms with Crippen molar-refractivity contribution < 1.29 is 9.13 Å². The molecule has 1 saturated carbocycles. The van der Waals surface area contributed by atoms with Crippen molar-refractivity contribution in [1.82, 2.24) is 5.32 Å². The topological polar surface area (TPSA) is 21.3 Å². The van der Waals surface area contributed by atoms with Crippen LogP contribution in [0, 0.1) is 5.82 Å². The number of ether oxygens (including phenoxy) is 1. The summed E-state index contributed by atoms with van der Waals surface area (Å²) in [5.41, 5.74) is 0.915. The Kier molecular flexibility index (Phi) is 2.65. The van der Waals surface area contributed by atoms with E-state index in [-0.39, 0.29) is 11.4 Å². The lowest BCUT2D eigenvalue weighted by atomic mass is 10.0. The minimum absolute atomic E-state index is 0.148. The first-order valence-electron chi connectivity index (χ1n) is 5.20. The van der Waals surface area contributed by atoms with Gasteiger partial charge < -0.3 is 10.1 Å². The minimum Gasteiger partial charge on any atom is -0.497 e. The average molecular weight is 209 g/mol. The second-order valence-corrected chi connectivity index (χ2v) is 4.16. The summed E-state index contributed by atoms with van der Waals surface area (Å²) >= 11 is 0. The molecule has 0 atom stereocenters. The van der Waals surface area contributed by atoms with Gasteiger partial charge in [0.2, 0.25) is 0 Å². The van der Waals surface area contributed by atoms with Crippen molar-refractivity contribution in [3.05, 3.63) is 29.6 Å². The Hall–Kier alpha value is -1.09. The van der Waals surface area contributed by atoms with Gasteiger partial charge in [0.15, 0.2) is 0 Å². The summed E-state index contributed by atoms with van der Waals surface area (Å²) in [7, 11) is 3.48. The Balaban J connectivity index is 2.15. The monoisotopic (exact) mass is 209 g/mol. The lowest BCUT2D eigenvalue weighted by molar-refractivity contribution is 0.410. The predicted octanol–water partition coefficient (Wildman–Crippen LogP) is 2.13. The van der Waals surface area contributed by atoms with Gasteiger partial charge in [0, 0.05) is 11.6 Å². The molecule has 1 N–H and O–H groups in total. The summed E-state index contributed by atoms with van der Waals surface area (Å²) in [6, 6.07) is 5.07. The molecule has 0 bridgehead atoms. The molecule has 0 saturated heterocycles. The van der Waals surface area contributed by atoms with Crippen molar-refractivity contribution in [2.24, 2.45) is 0 Å². The SMILES string of the molecule is CNC1(Cc2ccc(OC)cc2F)CC1. The summed E-state index contributed by atoms with van der Waals surface area (Å²) < 4.78 is 18.6. The van der Waals surface area contributed by atoms with Crippen molar-refractivity contribution in [2.75, 3.05) is 14.2 Å². The fourth-order valence-corrected chi connectivity index (χ4v) is 1.83. The van der Waals surface area contributed by atoms with Crippen LogP contribution in [0.2, 0.25) is 0 Å². The zero-order valence-corrected chi connectivity index (χ0v) is 9.14. The fourth-order valence-electron chi connectivity index (χ4n) is 1.83. The van der Waals surface area contributed by atoms with Crippen LogP contribution in [-0.4, -0.2) is 19.7 Å². The molecule has 0 aromatic heterocycles. The summed E-state index contributed by atoms with van der Waals surface area (Å²) in [6.07, 6.45) is 3.03. The fraction of sp³-hybridized carbons (Fsp3) is 0.500. The molecule has 2 rings (SSSR count). The van der Waals surface area contributed by atoms with Gasteiger partial charge >= 0.3 is 0 Å². The molecule has 1 aliphatic rings. The molecule has 1 aliphatic carbocycles. The summed E-state index contributed by atoms with van der Waals surface area (Å²) in [5.74, 6) is 0.404. The third-order valence-corrected chi connectivity index (χ3v) is 3.17. The van der Waals surface area contributed by atoms with Crippen molar-refractivity contribution in [3.63, 3.8) is 0 Å². The number of likely N-dealkylation sites (N-methyl/N-ethyl adjacent to an activating group) is 1. The third-order valence-electron chi connectivity index (χ3n) is 3.17. The molecule has 15 heavy (non-hydrogen) atoms.